The summed E-state index contributed by atoms with van der Waals surface area (Å²) in [5, 5.41) is 15.5. The minimum Gasteiger partial charge on any atom is -0.444 e. The SMILES string of the molecule is CC(C)(C)OC(=O)N1Cc2[nH]nc(C#N)c2C1. The van der Waals surface area contributed by atoms with E-state index in [-0.39, 0.29) is 6.09 Å². The minimum atomic E-state index is -0.510. The van der Waals surface area contributed by atoms with Gasteiger partial charge in [0.05, 0.1) is 18.8 Å². The highest BCUT2D eigenvalue weighted by atomic mass is 16.6. The van der Waals surface area contributed by atoms with Crippen molar-refractivity contribution in [3.8, 4) is 6.07 Å². The molecule has 1 aromatic rings. The van der Waals surface area contributed by atoms with Gasteiger partial charge in [-0.1, -0.05) is 0 Å². The van der Waals surface area contributed by atoms with Gasteiger partial charge in [-0.3, -0.25) is 10.00 Å². The van der Waals surface area contributed by atoms with Crippen molar-refractivity contribution in [1.29, 1.82) is 5.26 Å². The molecule has 2 rings (SSSR count). The molecule has 17 heavy (non-hydrogen) atoms. The predicted octanol–water partition coefficient (Wildman–Crippen LogP) is 1.53. The molecule has 90 valence electrons. The Kier molecular flexibility index (Phi) is 2.54. The number of hydrogen-bond donors (Lipinski definition) is 1. The maximum atomic E-state index is 11.8. The maximum Gasteiger partial charge on any atom is 0.410 e. The number of nitrogens with zero attached hydrogens (tertiary/aromatic N) is 3. The first-order valence-corrected chi connectivity index (χ1v) is 5.35. The zero-order chi connectivity index (χ0) is 12.6. The number of amides is 1. The van der Waals surface area contributed by atoms with E-state index in [1.807, 2.05) is 26.8 Å². The number of fused-ring (bicyclic) bond motifs is 1. The second-order valence-corrected chi connectivity index (χ2v) is 4.98. The van der Waals surface area contributed by atoms with Gasteiger partial charge in [-0.05, 0) is 20.8 Å². The van der Waals surface area contributed by atoms with Crippen molar-refractivity contribution in [2.45, 2.75) is 39.5 Å². The summed E-state index contributed by atoms with van der Waals surface area (Å²) in [7, 11) is 0. The summed E-state index contributed by atoms with van der Waals surface area (Å²) in [6.07, 6.45) is -0.369. The quantitative estimate of drug-likeness (QED) is 0.738. The Balaban J connectivity index is 2.08. The van der Waals surface area contributed by atoms with E-state index in [4.69, 9.17) is 10.00 Å². The van der Waals surface area contributed by atoms with Gasteiger partial charge in [-0.25, -0.2) is 4.79 Å². The van der Waals surface area contributed by atoms with Crippen LogP contribution in [0, 0.1) is 11.3 Å². The summed E-state index contributed by atoms with van der Waals surface area (Å²) in [5.74, 6) is 0. The van der Waals surface area contributed by atoms with Crippen molar-refractivity contribution in [3.05, 3.63) is 17.0 Å². The molecule has 0 unspecified atom stereocenters. The standard InChI is InChI=1S/C11H14N4O2/c1-11(2,3)17-10(16)15-5-7-8(4-12)13-14-9(7)6-15/h5-6H2,1-3H3,(H,13,14). The third kappa shape index (κ3) is 2.23. The second-order valence-electron chi connectivity index (χ2n) is 4.98. The molecule has 1 aliphatic heterocycles. The predicted molar refractivity (Wildman–Crippen MR) is 58.8 cm³/mol. The van der Waals surface area contributed by atoms with Crippen molar-refractivity contribution in [2.75, 3.05) is 0 Å². The van der Waals surface area contributed by atoms with Crippen molar-refractivity contribution >= 4 is 6.09 Å². The van der Waals surface area contributed by atoms with Crippen LogP contribution in [0.4, 0.5) is 4.79 Å². The maximum absolute atomic E-state index is 11.8. The van der Waals surface area contributed by atoms with Gasteiger partial charge in [0.15, 0.2) is 5.69 Å². The molecule has 0 aromatic carbocycles. The molecule has 1 N–H and O–H groups in total. The van der Waals surface area contributed by atoms with Gasteiger partial charge in [-0.15, -0.1) is 0 Å². The van der Waals surface area contributed by atoms with Crippen LogP contribution in [0.1, 0.15) is 37.7 Å². The molecule has 0 radical (unpaired) electrons. The molecule has 6 nitrogen and oxygen atoms in total. The average molecular weight is 234 g/mol. The first-order valence-electron chi connectivity index (χ1n) is 5.35. The fourth-order valence-corrected chi connectivity index (χ4v) is 1.69. The van der Waals surface area contributed by atoms with Crippen LogP contribution in [0.5, 0.6) is 0 Å². The third-order valence-electron chi connectivity index (χ3n) is 2.41. The summed E-state index contributed by atoms with van der Waals surface area (Å²) < 4.78 is 5.27. The Morgan fingerprint density at radius 2 is 2.24 bits per heavy atom. The van der Waals surface area contributed by atoms with Crippen LogP contribution in [-0.2, 0) is 17.8 Å². The molecule has 6 heteroatoms. The van der Waals surface area contributed by atoms with E-state index >= 15 is 0 Å². The molecule has 0 saturated carbocycles. The van der Waals surface area contributed by atoms with Crippen LogP contribution in [-0.4, -0.2) is 26.8 Å². The third-order valence-corrected chi connectivity index (χ3v) is 2.41. The molecule has 1 aromatic heterocycles. The zero-order valence-corrected chi connectivity index (χ0v) is 10.1. The lowest BCUT2D eigenvalue weighted by molar-refractivity contribution is 0.0239. The van der Waals surface area contributed by atoms with E-state index < -0.39 is 5.60 Å². The van der Waals surface area contributed by atoms with E-state index in [1.54, 1.807) is 4.90 Å². The number of H-pyrrole nitrogens is 1. The number of aromatic amines is 1. The number of ether oxygens (including phenoxy) is 1. The summed E-state index contributed by atoms with van der Waals surface area (Å²) in [6.45, 7) is 6.26. The lowest BCUT2D eigenvalue weighted by Crippen LogP contribution is -2.33. The minimum absolute atomic E-state index is 0.353. The van der Waals surface area contributed by atoms with E-state index in [0.717, 1.165) is 11.3 Å². The van der Waals surface area contributed by atoms with Gasteiger partial charge < -0.3 is 4.74 Å². The van der Waals surface area contributed by atoms with Gasteiger partial charge in [0.2, 0.25) is 0 Å². The molecular formula is C11H14N4O2. The van der Waals surface area contributed by atoms with E-state index in [1.165, 1.54) is 0 Å². The first kappa shape index (κ1) is 11.5. The lowest BCUT2D eigenvalue weighted by atomic mass is 10.2. The van der Waals surface area contributed by atoms with Gasteiger partial charge in [0, 0.05) is 5.56 Å². The van der Waals surface area contributed by atoms with E-state index in [2.05, 4.69) is 10.2 Å². The molecule has 1 aliphatic rings. The van der Waals surface area contributed by atoms with Gasteiger partial charge >= 0.3 is 6.09 Å². The fraction of sp³-hybridized carbons (Fsp3) is 0.545. The Morgan fingerprint density at radius 1 is 1.53 bits per heavy atom. The molecule has 0 bridgehead atoms. The Labute approximate surface area is 99.2 Å². The normalized spacial score (nSPS) is 14.4. The zero-order valence-electron chi connectivity index (χ0n) is 10.1. The summed E-state index contributed by atoms with van der Waals surface area (Å²) >= 11 is 0. The van der Waals surface area contributed by atoms with Crippen LogP contribution < -0.4 is 0 Å². The molecule has 0 fully saturated rings. The molecule has 0 spiro atoms. The second kappa shape index (κ2) is 3.77. The van der Waals surface area contributed by atoms with E-state index in [9.17, 15) is 4.79 Å². The van der Waals surface area contributed by atoms with Gasteiger partial charge in [0.25, 0.3) is 0 Å². The molecule has 0 aliphatic carbocycles. The summed E-state index contributed by atoms with van der Waals surface area (Å²) in [4.78, 5) is 13.4. The first-order chi connectivity index (χ1) is 7.90. The molecular weight excluding hydrogens is 220 g/mol. The van der Waals surface area contributed by atoms with E-state index in [0.29, 0.717) is 18.8 Å². The highest BCUT2D eigenvalue weighted by Crippen LogP contribution is 2.24. The molecule has 0 saturated heterocycles. The topological polar surface area (TPSA) is 82.0 Å². The average Bonchev–Trinajstić information content (AvgIpc) is 2.72. The van der Waals surface area contributed by atoms with Crippen molar-refractivity contribution in [2.24, 2.45) is 0 Å². The number of carbonyl (C=O) groups is 1. The fourth-order valence-electron chi connectivity index (χ4n) is 1.69. The number of nitrogens with one attached hydrogen (secondary N) is 1. The lowest BCUT2D eigenvalue weighted by Gasteiger charge is -2.24. The summed E-state index contributed by atoms with van der Waals surface area (Å²) in [6, 6.07) is 1.99. The van der Waals surface area contributed by atoms with Gasteiger partial charge in [0.1, 0.15) is 11.7 Å². The van der Waals surface area contributed by atoms with Crippen LogP contribution in [0.25, 0.3) is 0 Å². The highest BCUT2D eigenvalue weighted by molar-refractivity contribution is 5.69. The van der Waals surface area contributed by atoms with Crippen molar-refractivity contribution in [3.63, 3.8) is 0 Å². The largest absolute Gasteiger partial charge is 0.444 e. The number of aromatic nitrogens is 2. The number of rotatable bonds is 0. The van der Waals surface area contributed by atoms with Crippen molar-refractivity contribution < 1.29 is 9.53 Å². The van der Waals surface area contributed by atoms with Crippen molar-refractivity contribution in [1.82, 2.24) is 15.1 Å². The molecule has 1 amide bonds. The summed E-state index contributed by atoms with van der Waals surface area (Å²) in [5.41, 5.74) is 1.45. The Hall–Kier alpha value is -2.03. The van der Waals surface area contributed by atoms with Crippen LogP contribution in [0.15, 0.2) is 0 Å². The van der Waals surface area contributed by atoms with Crippen LogP contribution >= 0.6 is 0 Å². The molecule has 0 atom stereocenters. The van der Waals surface area contributed by atoms with Gasteiger partial charge in [-0.2, -0.15) is 10.4 Å². The Bertz CT molecular complexity index is 493. The number of carbonyl (C=O) groups excluding carboxylic acids is 1. The highest BCUT2D eigenvalue weighted by Gasteiger charge is 2.31. The monoisotopic (exact) mass is 234 g/mol. The Morgan fingerprint density at radius 3 is 2.82 bits per heavy atom. The number of hydrogen-bond acceptors (Lipinski definition) is 4. The van der Waals surface area contributed by atoms with Crippen LogP contribution in [0.3, 0.4) is 0 Å². The number of nitriles is 1. The molecule has 2 heterocycles. The smallest absolute Gasteiger partial charge is 0.410 e. The van der Waals surface area contributed by atoms with Crippen LogP contribution in [0.2, 0.25) is 0 Å².